The zero-order valence-corrected chi connectivity index (χ0v) is 17.8. The van der Waals surface area contributed by atoms with Crippen LogP contribution in [0.3, 0.4) is 0 Å². The number of ether oxygens (including phenoxy) is 1. The fourth-order valence-corrected chi connectivity index (χ4v) is 6.39. The van der Waals surface area contributed by atoms with Crippen molar-refractivity contribution < 1.29 is 9.53 Å². The molecule has 1 aromatic carbocycles. The minimum absolute atomic E-state index is 0.00183. The second kappa shape index (κ2) is 7.11. The lowest BCUT2D eigenvalue weighted by Gasteiger charge is -2.46. The molecular weight excluding hydrogens is 380 g/mol. The van der Waals surface area contributed by atoms with Gasteiger partial charge in [-0.1, -0.05) is 30.7 Å². The first kappa shape index (κ1) is 19.1. The molecule has 0 aromatic heterocycles. The van der Waals surface area contributed by atoms with Gasteiger partial charge in [0.15, 0.2) is 10.7 Å². The van der Waals surface area contributed by atoms with Gasteiger partial charge in [0, 0.05) is 24.0 Å². The molecule has 1 unspecified atom stereocenters. The summed E-state index contributed by atoms with van der Waals surface area (Å²) in [5, 5.41) is 6.78. The number of amides is 1. The van der Waals surface area contributed by atoms with E-state index < -0.39 is 5.54 Å². The van der Waals surface area contributed by atoms with Gasteiger partial charge in [-0.15, -0.1) is 0 Å². The number of hydrogen-bond donors (Lipinski definition) is 2. The van der Waals surface area contributed by atoms with Crippen LogP contribution in [-0.4, -0.2) is 24.2 Å². The first-order valence-electron chi connectivity index (χ1n) is 10.9. The van der Waals surface area contributed by atoms with Crippen LogP contribution < -0.4 is 10.6 Å². The van der Waals surface area contributed by atoms with Gasteiger partial charge in [-0.25, -0.2) is 0 Å². The number of carbonyl (C=O) groups is 1. The van der Waals surface area contributed by atoms with Crippen molar-refractivity contribution in [3.05, 3.63) is 34.9 Å². The van der Waals surface area contributed by atoms with E-state index in [4.69, 9.17) is 17.0 Å². The summed E-state index contributed by atoms with van der Waals surface area (Å²) in [5.41, 5.74) is 2.39. The van der Waals surface area contributed by atoms with E-state index in [-0.39, 0.29) is 17.4 Å². The summed E-state index contributed by atoms with van der Waals surface area (Å²) < 4.78 is 5.60. The number of nitrogens with one attached hydrogen (secondary N) is 2. The Balaban J connectivity index is 1.55. The molecule has 1 amide bonds. The largest absolute Gasteiger partial charge is 0.381 e. The van der Waals surface area contributed by atoms with Gasteiger partial charge < -0.3 is 15.4 Å². The first-order valence-corrected chi connectivity index (χ1v) is 11.3. The van der Waals surface area contributed by atoms with E-state index >= 15 is 0 Å². The Morgan fingerprint density at radius 1 is 1.17 bits per heavy atom. The predicted octanol–water partition coefficient (Wildman–Crippen LogP) is 3.56. The van der Waals surface area contributed by atoms with Crippen molar-refractivity contribution in [2.75, 3.05) is 7.11 Å². The molecule has 29 heavy (non-hydrogen) atoms. The Kier molecular flexibility index (Phi) is 4.68. The average Bonchev–Trinajstić information content (AvgIpc) is 3.41. The molecular formula is C24H28N2O2S. The Hall–Kier alpha value is -1.90. The van der Waals surface area contributed by atoms with Crippen molar-refractivity contribution in [2.24, 2.45) is 11.3 Å². The highest BCUT2D eigenvalue weighted by molar-refractivity contribution is 7.80. The summed E-state index contributed by atoms with van der Waals surface area (Å²) in [6.07, 6.45) is 10.0. The van der Waals surface area contributed by atoms with Crippen LogP contribution in [0.2, 0.25) is 0 Å². The third-order valence-electron chi connectivity index (χ3n) is 7.71. The van der Waals surface area contributed by atoms with Crippen molar-refractivity contribution in [1.82, 2.24) is 10.6 Å². The molecule has 1 heterocycles. The van der Waals surface area contributed by atoms with Crippen LogP contribution >= 0.6 is 12.2 Å². The number of hydrogen-bond acceptors (Lipinski definition) is 3. The molecule has 4 nitrogen and oxygen atoms in total. The van der Waals surface area contributed by atoms with Gasteiger partial charge in [0.25, 0.3) is 5.91 Å². The maximum absolute atomic E-state index is 13.3. The fourth-order valence-electron chi connectivity index (χ4n) is 6.15. The summed E-state index contributed by atoms with van der Waals surface area (Å²) in [6, 6.07) is 6.46. The molecule has 5 heteroatoms. The molecule has 1 aliphatic heterocycles. The molecule has 0 radical (unpaired) electrons. The number of rotatable bonds is 1. The number of thiocarbonyl (C=S) groups is 1. The summed E-state index contributed by atoms with van der Waals surface area (Å²) >= 11 is 5.39. The van der Waals surface area contributed by atoms with Crippen LogP contribution in [0.4, 0.5) is 0 Å². The highest BCUT2D eigenvalue weighted by atomic mass is 32.1. The molecule has 2 N–H and O–H groups in total. The number of benzene rings is 1. The lowest BCUT2D eigenvalue weighted by molar-refractivity contribution is -0.131. The smallest absolute Gasteiger partial charge is 0.257 e. The molecule has 5 rings (SSSR count). The van der Waals surface area contributed by atoms with Crippen LogP contribution in [0.5, 0.6) is 0 Å². The Morgan fingerprint density at radius 3 is 2.59 bits per heavy atom. The van der Waals surface area contributed by atoms with Crippen LogP contribution in [-0.2, 0) is 21.5 Å². The zero-order valence-electron chi connectivity index (χ0n) is 17.0. The molecule has 1 saturated heterocycles. The third-order valence-corrected chi connectivity index (χ3v) is 7.91. The summed E-state index contributed by atoms with van der Waals surface area (Å²) in [7, 11) is 1.78. The van der Waals surface area contributed by atoms with E-state index in [1.165, 1.54) is 31.2 Å². The quantitative estimate of drug-likeness (QED) is 0.551. The van der Waals surface area contributed by atoms with Gasteiger partial charge in [-0.05, 0) is 80.4 Å². The number of carbonyl (C=O) groups excluding carboxylic acids is 1. The Bertz CT molecular complexity index is 917. The lowest BCUT2D eigenvalue weighted by atomic mass is 9.61. The van der Waals surface area contributed by atoms with Crippen LogP contribution in [0.15, 0.2) is 18.2 Å². The Labute approximate surface area is 178 Å². The van der Waals surface area contributed by atoms with E-state index in [9.17, 15) is 4.79 Å². The Morgan fingerprint density at radius 2 is 1.93 bits per heavy atom. The van der Waals surface area contributed by atoms with E-state index in [2.05, 4.69) is 40.7 Å². The molecule has 1 aromatic rings. The van der Waals surface area contributed by atoms with E-state index in [0.29, 0.717) is 11.0 Å². The third kappa shape index (κ3) is 2.92. The maximum atomic E-state index is 13.3. The van der Waals surface area contributed by atoms with Crippen molar-refractivity contribution in [2.45, 2.75) is 69.4 Å². The molecule has 1 atom stereocenters. The molecule has 0 bridgehead atoms. The summed E-state index contributed by atoms with van der Waals surface area (Å²) in [5.74, 6) is 7.37. The van der Waals surface area contributed by atoms with Gasteiger partial charge in [0.1, 0.15) is 0 Å². The maximum Gasteiger partial charge on any atom is 0.257 e. The normalized spacial score (nSPS) is 33.5. The predicted molar refractivity (Wildman–Crippen MR) is 116 cm³/mol. The SMILES string of the molecule is COC1CCC2(CC1)Cc1ccc(C#CC3CCCC3)cc1C21NC(=S)NC1=O. The standard InChI is InChI=1S/C24H28N2O2S/c1-28-19-10-12-23(13-11-19)15-18-9-8-17(7-6-16-4-2-3-5-16)14-20(18)24(23)21(27)25-22(29)26-24/h8-9,14,16,19H,2-5,10-13,15H2,1H3,(H2,25,26,27,29). The fraction of sp³-hybridized carbons (Fsp3) is 0.583. The topological polar surface area (TPSA) is 50.4 Å². The van der Waals surface area contributed by atoms with E-state index in [1.807, 2.05) is 0 Å². The molecule has 2 saturated carbocycles. The van der Waals surface area contributed by atoms with Gasteiger partial charge in [0.2, 0.25) is 0 Å². The van der Waals surface area contributed by atoms with Crippen molar-refractivity contribution in [1.29, 1.82) is 0 Å². The van der Waals surface area contributed by atoms with Crippen molar-refractivity contribution >= 4 is 23.2 Å². The molecule has 152 valence electrons. The van der Waals surface area contributed by atoms with Gasteiger partial charge >= 0.3 is 0 Å². The lowest BCUT2D eigenvalue weighted by Crippen LogP contribution is -2.56. The highest BCUT2D eigenvalue weighted by Gasteiger charge is 2.65. The van der Waals surface area contributed by atoms with Gasteiger partial charge in [-0.3, -0.25) is 4.79 Å². The summed E-state index contributed by atoms with van der Waals surface area (Å²) in [4.78, 5) is 13.3. The van der Waals surface area contributed by atoms with Gasteiger partial charge in [0.05, 0.1) is 6.10 Å². The molecule has 4 aliphatic rings. The van der Waals surface area contributed by atoms with Crippen LogP contribution in [0, 0.1) is 23.2 Å². The molecule has 3 fully saturated rings. The minimum atomic E-state index is -0.775. The zero-order chi connectivity index (χ0) is 20.1. The van der Waals surface area contributed by atoms with E-state index in [1.54, 1.807) is 7.11 Å². The van der Waals surface area contributed by atoms with Crippen molar-refractivity contribution in [3.8, 4) is 11.8 Å². The average molecular weight is 409 g/mol. The monoisotopic (exact) mass is 408 g/mol. The van der Waals surface area contributed by atoms with Crippen LogP contribution in [0.25, 0.3) is 0 Å². The minimum Gasteiger partial charge on any atom is -0.381 e. The molecule has 2 spiro atoms. The second-order valence-corrected chi connectivity index (χ2v) is 9.58. The summed E-state index contributed by atoms with van der Waals surface area (Å²) in [6.45, 7) is 0. The number of methoxy groups -OCH3 is 1. The van der Waals surface area contributed by atoms with Crippen LogP contribution in [0.1, 0.15) is 68.1 Å². The molecule has 3 aliphatic carbocycles. The second-order valence-electron chi connectivity index (χ2n) is 9.17. The van der Waals surface area contributed by atoms with Gasteiger partial charge in [-0.2, -0.15) is 0 Å². The first-order chi connectivity index (χ1) is 14.1. The van der Waals surface area contributed by atoms with Crippen molar-refractivity contribution in [3.63, 3.8) is 0 Å². The number of fused-ring (bicyclic) bond motifs is 3. The van der Waals surface area contributed by atoms with E-state index in [0.717, 1.165) is 43.2 Å². The highest BCUT2D eigenvalue weighted by Crippen LogP contribution is 2.59.